The molecular weight excluding hydrogens is 462 g/mol. The molecule has 11 heteroatoms. The third-order valence-corrected chi connectivity index (χ3v) is 5.77. The molecule has 10 nitrogen and oxygen atoms in total. The van der Waals surface area contributed by atoms with Crippen LogP contribution in [-0.4, -0.2) is 45.3 Å². The molecule has 0 saturated heterocycles. The molecule has 0 heterocycles. The van der Waals surface area contributed by atoms with Gasteiger partial charge in [-0.05, 0) is 54.6 Å². The summed E-state index contributed by atoms with van der Waals surface area (Å²) in [4.78, 5) is 23.1. The van der Waals surface area contributed by atoms with Crippen molar-refractivity contribution in [3.05, 3.63) is 83.9 Å². The van der Waals surface area contributed by atoms with E-state index in [0.29, 0.717) is 17.0 Å². The number of para-hydroxylation sites is 1. The summed E-state index contributed by atoms with van der Waals surface area (Å²) < 4.78 is 38.1. The number of methoxy groups -OCH3 is 1. The number of carboxylic acids is 1. The van der Waals surface area contributed by atoms with E-state index in [9.17, 15) is 18.0 Å². The molecule has 3 N–H and O–H groups in total. The standard InChI is InChI=1S/C23H21N3O7S/c1-32-19-11-9-18(10-12-19)26-34(30,31)20-7-4-6-16(13-20)23(29)25-24-14-17-5-2-3-8-21(17)33-15-22(27)28/h2-14,26H,15H2,1H3,(H,25,29)(H,27,28)/b24-14+. The normalized spacial score (nSPS) is 11.1. The summed E-state index contributed by atoms with van der Waals surface area (Å²) >= 11 is 0. The summed E-state index contributed by atoms with van der Waals surface area (Å²) in [5.41, 5.74) is 3.17. The molecule has 0 saturated carbocycles. The van der Waals surface area contributed by atoms with E-state index in [4.69, 9.17) is 14.6 Å². The van der Waals surface area contributed by atoms with E-state index < -0.39 is 28.5 Å². The number of sulfonamides is 1. The SMILES string of the molecule is COc1ccc(NS(=O)(=O)c2cccc(C(=O)N/N=C/c3ccccc3OCC(=O)O)c2)cc1. The first-order chi connectivity index (χ1) is 16.3. The van der Waals surface area contributed by atoms with Gasteiger partial charge in [0.25, 0.3) is 15.9 Å². The van der Waals surface area contributed by atoms with Gasteiger partial charge in [-0.15, -0.1) is 0 Å². The van der Waals surface area contributed by atoms with Gasteiger partial charge >= 0.3 is 5.97 Å². The summed E-state index contributed by atoms with van der Waals surface area (Å²) in [6.07, 6.45) is 1.29. The van der Waals surface area contributed by atoms with E-state index in [1.54, 1.807) is 48.5 Å². The van der Waals surface area contributed by atoms with Gasteiger partial charge in [0.1, 0.15) is 11.5 Å². The highest BCUT2D eigenvalue weighted by Gasteiger charge is 2.16. The molecule has 176 valence electrons. The fourth-order valence-electron chi connectivity index (χ4n) is 2.76. The number of nitrogens with zero attached hydrogens (tertiary/aromatic N) is 1. The zero-order valence-corrected chi connectivity index (χ0v) is 18.8. The van der Waals surface area contributed by atoms with Crippen LogP contribution in [-0.2, 0) is 14.8 Å². The lowest BCUT2D eigenvalue weighted by molar-refractivity contribution is -0.139. The molecule has 0 radical (unpaired) electrons. The van der Waals surface area contributed by atoms with Gasteiger partial charge in [-0.25, -0.2) is 18.6 Å². The number of hydrogen-bond donors (Lipinski definition) is 3. The Morgan fingerprint density at radius 1 is 1.03 bits per heavy atom. The second-order valence-corrected chi connectivity index (χ2v) is 8.46. The van der Waals surface area contributed by atoms with Gasteiger partial charge in [0.15, 0.2) is 6.61 Å². The van der Waals surface area contributed by atoms with Crippen molar-refractivity contribution in [2.75, 3.05) is 18.4 Å². The molecule has 0 aromatic heterocycles. The van der Waals surface area contributed by atoms with Crippen LogP contribution in [0, 0.1) is 0 Å². The molecule has 0 aliphatic heterocycles. The van der Waals surface area contributed by atoms with Gasteiger partial charge in [-0.3, -0.25) is 9.52 Å². The Balaban J connectivity index is 1.69. The molecule has 1 amide bonds. The van der Waals surface area contributed by atoms with Crippen molar-refractivity contribution >= 4 is 33.8 Å². The minimum absolute atomic E-state index is 0.0742. The molecule has 0 atom stereocenters. The number of amides is 1. The number of rotatable bonds is 10. The van der Waals surface area contributed by atoms with Crippen LogP contribution in [0.15, 0.2) is 82.8 Å². The molecule has 0 spiro atoms. The topological polar surface area (TPSA) is 143 Å². The summed E-state index contributed by atoms with van der Waals surface area (Å²) in [6.45, 7) is -0.525. The Morgan fingerprint density at radius 3 is 2.47 bits per heavy atom. The van der Waals surface area contributed by atoms with Crippen LogP contribution < -0.4 is 19.6 Å². The molecule has 3 rings (SSSR count). The highest BCUT2D eigenvalue weighted by Crippen LogP contribution is 2.20. The second-order valence-electron chi connectivity index (χ2n) is 6.78. The minimum Gasteiger partial charge on any atom is -0.497 e. The zero-order chi connectivity index (χ0) is 24.6. The van der Waals surface area contributed by atoms with Gasteiger partial charge in [0.2, 0.25) is 0 Å². The number of benzene rings is 3. The first kappa shape index (κ1) is 24.3. The van der Waals surface area contributed by atoms with Crippen molar-refractivity contribution in [3.63, 3.8) is 0 Å². The molecular formula is C23H21N3O7S. The largest absolute Gasteiger partial charge is 0.497 e. The predicted octanol–water partition coefficient (Wildman–Crippen LogP) is 2.72. The van der Waals surface area contributed by atoms with Gasteiger partial charge in [0.05, 0.1) is 18.2 Å². The van der Waals surface area contributed by atoms with Gasteiger partial charge in [-0.1, -0.05) is 18.2 Å². The van der Waals surface area contributed by atoms with Crippen molar-refractivity contribution < 1.29 is 32.6 Å². The van der Waals surface area contributed by atoms with Crippen LogP contribution in [0.4, 0.5) is 5.69 Å². The van der Waals surface area contributed by atoms with Gasteiger partial charge in [0, 0.05) is 16.8 Å². The number of aliphatic carboxylic acids is 1. The van der Waals surface area contributed by atoms with Crippen molar-refractivity contribution in [3.8, 4) is 11.5 Å². The van der Waals surface area contributed by atoms with E-state index in [1.165, 1.54) is 37.6 Å². The number of ether oxygens (including phenoxy) is 2. The number of hydrogen-bond acceptors (Lipinski definition) is 7. The lowest BCUT2D eigenvalue weighted by Gasteiger charge is -2.10. The Bertz CT molecular complexity index is 1310. The first-order valence-corrected chi connectivity index (χ1v) is 11.3. The number of anilines is 1. The van der Waals surface area contributed by atoms with E-state index in [0.717, 1.165) is 0 Å². The maximum Gasteiger partial charge on any atom is 0.341 e. The van der Waals surface area contributed by atoms with Crippen LogP contribution in [0.2, 0.25) is 0 Å². The van der Waals surface area contributed by atoms with Crippen molar-refractivity contribution in [1.82, 2.24) is 5.43 Å². The van der Waals surface area contributed by atoms with E-state index >= 15 is 0 Å². The fourth-order valence-corrected chi connectivity index (χ4v) is 3.86. The minimum atomic E-state index is -3.95. The van der Waals surface area contributed by atoms with Crippen LogP contribution in [0.1, 0.15) is 15.9 Å². The van der Waals surface area contributed by atoms with Gasteiger partial charge in [-0.2, -0.15) is 5.10 Å². The highest BCUT2D eigenvalue weighted by atomic mass is 32.2. The molecule has 0 bridgehead atoms. The number of nitrogens with one attached hydrogen (secondary N) is 2. The Kier molecular flexibility index (Phi) is 7.83. The van der Waals surface area contributed by atoms with Crippen LogP contribution in [0.3, 0.4) is 0 Å². The highest BCUT2D eigenvalue weighted by molar-refractivity contribution is 7.92. The molecule has 0 fully saturated rings. The predicted molar refractivity (Wildman–Crippen MR) is 125 cm³/mol. The summed E-state index contributed by atoms with van der Waals surface area (Å²) in [7, 11) is -2.44. The van der Waals surface area contributed by atoms with Crippen molar-refractivity contribution in [2.45, 2.75) is 4.90 Å². The van der Waals surface area contributed by atoms with Crippen LogP contribution in [0.25, 0.3) is 0 Å². The summed E-state index contributed by atoms with van der Waals surface area (Å²) in [5, 5.41) is 12.6. The Hall–Kier alpha value is -4.38. The zero-order valence-electron chi connectivity index (χ0n) is 18.0. The molecule has 34 heavy (non-hydrogen) atoms. The summed E-state index contributed by atoms with van der Waals surface area (Å²) in [5.74, 6) is -0.906. The number of hydrazone groups is 1. The molecule has 0 unspecified atom stereocenters. The lowest BCUT2D eigenvalue weighted by Crippen LogP contribution is -2.19. The van der Waals surface area contributed by atoms with E-state index in [2.05, 4.69) is 15.2 Å². The summed E-state index contributed by atoms with van der Waals surface area (Å²) in [6, 6.07) is 18.4. The first-order valence-electron chi connectivity index (χ1n) is 9.82. The molecule has 3 aromatic rings. The number of carboxylic acid groups (broad SMARTS) is 1. The molecule has 0 aliphatic rings. The third-order valence-electron chi connectivity index (χ3n) is 4.39. The van der Waals surface area contributed by atoms with Crippen molar-refractivity contribution in [2.24, 2.45) is 5.10 Å². The lowest BCUT2D eigenvalue weighted by atomic mass is 10.2. The second kappa shape index (κ2) is 11.0. The van der Waals surface area contributed by atoms with Crippen molar-refractivity contribution in [1.29, 1.82) is 0 Å². The molecule has 3 aromatic carbocycles. The monoisotopic (exact) mass is 483 g/mol. The number of carbonyl (C=O) groups excluding carboxylic acids is 1. The number of carbonyl (C=O) groups is 2. The van der Waals surface area contributed by atoms with E-state index in [-0.39, 0.29) is 16.2 Å². The average molecular weight is 484 g/mol. The average Bonchev–Trinajstić information content (AvgIpc) is 2.83. The maximum atomic E-state index is 12.7. The van der Waals surface area contributed by atoms with Crippen LogP contribution >= 0.6 is 0 Å². The Labute approximate surface area is 195 Å². The molecule has 0 aliphatic carbocycles. The smallest absolute Gasteiger partial charge is 0.341 e. The third kappa shape index (κ3) is 6.56. The van der Waals surface area contributed by atoms with Gasteiger partial charge < -0.3 is 14.6 Å². The quantitative estimate of drug-likeness (QED) is 0.297. The van der Waals surface area contributed by atoms with E-state index in [1.807, 2.05) is 0 Å². The van der Waals surface area contributed by atoms with Crippen LogP contribution in [0.5, 0.6) is 11.5 Å². The fraction of sp³-hybridized carbons (Fsp3) is 0.0870. The Morgan fingerprint density at radius 2 is 1.76 bits per heavy atom. The maximum absolute atomic E-state index is 12.7.